The number of nitrogens with one attached hydrogen (secondary N) is 1. The van der Waals surface area contributed by atoms with E-state index >= 15 is 0 Å². The summed E-state index contributed by atoms with van der Waals surface area (Å²) in [5.74, 6) is 2.96. The highest BCUT2D eigenvalue weighted by molar-refractivity contribution is 6.00. The molecule has 0 unspecified atom stereocenters. The van der Waals surface area contributed by atoms with E-state index < -0.39 is 5.92 Å². The monoisotopic (exact) mass is 326 g/mol. The molecular formula is C16H24F2N4O. The van der Waals surface area contributed by atoms with E-state index in [1.807, 2.05) is 25.1 Å². The summed E-state index contributed by atoms with van der Waals surface area (Å²) < 4.78 is 32.3. The summed E-state index contributed by atoms with van der Waals surface area (Å²) >= 11 is 0. The van der Waals surface area contributed by atoms with Crippen molar-refractivity contribution in [1.82, 2.24) is 5.53 Å². The number of rotatable bonds is 6. The van der Waals surface area contributed by atoms with E-state index in [1.165, 1.54) is 0 Å². The zero-order valence-corrected chi connectivity index (χ0v) is 13.3. The smallest absolute Gasteiger partial charge is 0.248 e. The van der Waals surface area contributed by atoms with Gasteiger partial charge in [-0.1, -0.05) is 18.2 Å². The van der Waals surface area contributed by atoms with Crippen LogP contribution in [-0.4, -0.2) is 18.4 Å². The molecule has 2 rings (SSSR count). The van der Waals surface area contributed by atoms with Gasteiger partial charge in [0.2, 0.25) is 5.92 Å². The van der Waals surface area contributed by atoms with Crippen molar-refractivity contribution in [2.45, 2.75) is 51.1 Å². The first-order chi connectivity index (χ1) is 11.0. The molecule has 23 heavy (non-hydrogen) atoms. The maximum absolute atomic E-state index is 13.4. The van der Waals surface area contributed by atoms with E-state index in [0.717, 1.165) is 16.7 Å². The Morgan fingerprint density at radius 1 is 1.39 bits per heavy atom. The highest BCUT2D eigenvalue weighted by atomic mass is 19.3. The largest absolute Gasteiger partial charge is 0.382 e. The average molecular weight is 326 g/mol. The van der Waals surface area contributed by atoms with Gasteiger partial charge in [-0.15, -0.1) is 5.10 Å². The van der Waals surface area contributed by atoms with E-state index in [-0.39, 0.29) is 24.6 Å². The van der Waals surface area contributed by atoms with Gasteiger partial charge in [0.15, 0.2) is 5.84 Å². The number of alkyl halides is 2. The van der Waals surface area contributed by atoms with E-state index in [2.05, 4.69) is 10.6 Å². The van der Waals surface area contributed by atoms with Gasteiger partial charge in [0.1, 0.15) is 0 Å². The van der Waals surface area contributed by atoms with Crippen LogP contribution in [-0.2, 0) is 11.3 Å². The maximum Gasteiger partial charge on any atom is 0.248 e. The third-order valence-electron chi connectivity index (χ3n) is 4.24. The van der Waals surface area contributed by atoms with Gasteiger partial charge in [0.25, 0.3) is 0 Å². The zero-order chi connectivity index (χ0) is 16.9. The normalized spacial score (nSPS) is 18.9. The van der Waals surface area contributed by atoms with Crippen molar-refractivity contribution in [2.75, 3.05) is 6.61 Å². The lowest BCUT2D eigenvalue weighted by Crippen LogP contribution is -2.28. The van der Waals surface area contributed by atoms with Crippen molar-refractivity contribution in [3.63, 3.8) is 0 Å². The Hall–Kier alpha value is -1.73. The number of benzene rings is 1. The van der Waals surface area contributed by atoms with Crippen molar-refractivity contribution in [1.29, 1.82) is 0 Å². The summed E-state index contributed by atoms with van der Waals surface area (Å²) in [6, 6.07) is 5.74. The molecule has 1 aliphatic rings. The quantitative estimate of drug-likeness (QED) is 0.325. The number of hydrazone groups is 1. The first-order valence-electron chi connectivity index (χ1n) is 7.85. The molecule has 0 aliphatic heterocycles. The minimum Gasteiger partial charge on any atom is -0.382 e. The van der Waals surface area contributed by atoms with Crippen LogP contribution < -0.4 is 17.1 Å². The molecular weight excluding hydrogens is 302 g/mol. The first kappa shape index (κ1) is 17.6. The second kappa shape index (κ2) is 7.70. The molecule has 5 nitrogen and oxygen atoms in total. The lowest BCUT2D eigenvalue weighted by molar-refractivity contribution is -0.0382. The topological polar surface area (TPSA) is 85.7 Å². The van der Waals surface area contributed by atoms with Crippen molar-refractivity contribution < 1.29 is 13.5 Å². The highest BCUT2D eigenvalue weighted by Gasteiger charge is 2.36. The van der Waals surface area contributed by atoms with E-state index in [4.69, 9.17) is 16.3 Å². The molecule has 1 aliphatic carbocycles. The number of ether oxygens (including phenoxy) is 1. The van der Waals surface area contributed by atoms with Crippen molar-refractivity contribution in [3.8, 4) is 0 Å². The summed E-state index contributed by atoms with van der Waals surface area (Å²) in [5.41, 5.74) is 10.8. The summed E-state index contributed by atoms with van der Waals surface area (Å²) in [7, 11) is 0. The number of hydrogen-bond donors (Lipinski definition) is 3. The molecule has 0 saturated heterocycles. The second-order valence-electron chi connectivity index (χ2n) is 5.77. The van der Waals surface area contributed by atoms with Crippen molar-refractivity contribution in [2.24, 2.45) is 16.7 Å². The third kappa shape index (κ3) is 4.39. The summed E-state index contributed by atoms with van der Waals surface area (Å²) in [4.78, 5) is 0. The van der Waals surface area contributed by atoms with E-state index in [9.17, 15) is 8.78 Å². The molecule has 0 heterocycles. The SMILES string of the molecule is CCOCc1cccc(C2CCC(F)(F)CC2)c1/C(N)=N/NN. The van der Waals surface area contributed by atoms with Crippen LogP contribution in [0, 0.1) is 0 Å². The zero-order valence-electron chi connectivity index (χ0n) is 13.3. The standard InChI is InChI=1S/C16H24F2N4O/c1-2-23-10-12-4-3-5-13(14(12)15(19)21-22-20)11-6-8-16(17,18)9-7-11/h3-5,11,22H,2,6-10,20H2,1H3,(H2,19,21). The number of nitrogens with zero attached hydrogens (tertiary/aromatic N) is 1. The van der Waals surface area contributed by atoms with Crippen molar-refractivity contribution >= 4 is 5.84 Å². The molecule has 1 saturated carbocycles. The number of hydrogen-bond acceptors (Lipinski definition) is 4. The molecule has 5 N–H and O–H groups in total. The number of hydrazine groups is 1. The molecule has 1 fully saturated rings. The van der Waals surface area contributed by atoms with Crippen LogP contribution in [0.2, 0.25) is 0 Å². The number of amidine groups is 1. The van der Waals surface area contributed by atoms with Crippen LogP contribution in [0.15, 0.2) is 23.3 Å². The van der Waals surface area contributed by atoms with Crippen LogP contribution in [0.1, 0.15) is 55.2 Å². The molecule has 0 atom stereocenters. The predicted octanol–water partition coefficient (Wildman–Crippen LogP) is 2.60. The minimum atomic E-state index is -2.56. The fourth-order valence-corrected chi connectivity index (χ4v) is 3.08. The molecule has 0 radical (unpaired) electrons. The third-order valence-corrected chi connectivity index (χ3v) is 4.24. The summed E-state index contributed by atoms with van der Waals surface area (Å²) in [6.07, 6.45) is 0.667. The van der Waals surface area contributed by atoms with Crippen LogP contribution in [0.4, 0.5) is 8.78 Å². The fraction of sp³-hybridized carbons (Fsp3) is 0.562. The van der Waals surface area contributed by atoms with Crippen molar-refractivity contribution in [3.05, 3.63) is 34.9 Å². The average Bonchev–Trinajstić information content (AvgIpc) is 2.52. The van der Waals surface area contributed by atoms with Gasteiger partial charge < -0.3 is 10.5 Å². The second-order valence-corrected chi connectivity index (χ2v) is 5.77. The van der Waals surface area contributed by atoms with Gasteiger partial charge >= 0.3 is 0 Å². The Morgan fingerprint density at radius 2 is 2.09 bits per heavy atom. The molecule has 0 spiro atoms. The number of nitrogens with two attached hydrogens (primary N) is 2. The maximum atomic E-state index is 13.4. The lowest BCUT2D eigenvalue weighted by Gasteiger charge is -2.30. The summed E-state index contributed by atoms with van der Waals surface area (Å²) in [6.45, 7) is 2.88. The molecule has 0 aromatic heterocycles. The van der Waals surface area contributed by atoms with Gasteiger partial charge in [-0.05, 0) is 36.8 Å². The molecule has 1 aromatic rings. The molecule has 7 heteroatoms. The minimum absolute atomic E-state index is 0.0396. The van der Waals surface area contributed by atoms with Crippen LogP contribution in [0.3, 0.4) is 0 Å². The van der Waals surface area contributed by atoms with Crippen LogP contribution in [0.5, 0.6) is 0 Å². The molecule has 128 valence electrons. The Labute approximate surface area is 135 Å². The van der Waals surface area contributed by atoms with Gasteiger partial charge in [-0.2, -0.15) is 0 Å². The van der Waals surface area contributed by atoms with Crippen LogP contribution >= 0.6 is 0 Å². The molecule has 0 amide bonds. The molecule has 0 bridgehead atoms. The highest BCUT2D eigenvalue weighted by Crippen LogP contribution is 2.42. The predicted molar refractivity (Wildman–Crippen MR) is 86.0 cm³/mol. The Morgan fingerprint density at radius 3 is 2.70 bits per heavy atom. The van der Waals surface area contributed by atoms with E-state index in [0.29, 0.717) is 26.1 Å². The van der Waals surface area contributed by atoms with E-state index in [1.54, 1.807) is 0 Å². The molecule has 1 aromatic carbocycles. The summed E-state index contributed by atoms with van der Waals surface area (Å²) in [5, 5.41) is 3.87. The van der Waals surface area contributed by atoms with Gasteiger partial charge in [-0.25, -0.2) is 20.2 Å². The van der Waals surface area contributed by atoms with Gasteiger partial charge in [0.05, 0.1) is 6.61 Å². The van der Waals surface area contributed by atoms with Crippen LogP contribution in [0.25, 0.3) is 0 Å². The Balaban J connectivity index is 2.36. The van der Waals surface area contributed by atoms with Gasteiger partial charge in [0, 0.05) is 25.0 Å². The van der Waals surface area contributed by atoms with Gasteiger partial charge in [-0.3, -0.25) is 0 Å². The lowest BCUT2D eigenvalue weighted by atomic mass is 9.79. The Bertz CT molecular complexity index is 553. The Kier molecular flexibility index (Phi) is 5.90. The fourth-order valence-electron chi connectivity index (χ4n) is 3.08. The first-order valence-corrected chi connectivity index (χ1v) is 7.85. The number of halogens is 2.